The second-order valence-electron chi connectivity index (χ2n) is 14.7. The standard InChI is InChI=1S/C52H32N6/c1-3-15-33(16-4-1)49-54-50(34-17-5-2-6-18-34)56-52(55-49)58-46-29-28-42-41-25-11-12-27-45(41)57(48(42)47(46)43-26-14-30-53-51(43)58)37-21-13-20-35(31-37)44-32-36-19-7-8-22-38(36)39-23-9-10-24-40(39)44/h1-32H. The highest BCUT2D eigenvalue weighted by Gasteiger charge is 2.24. The van der Waals surface area contributed by atoms with Crippen LogP contribution in [0.4, 0.5) is 0 Å². The lowest BCUT2D eigenvalue weighted by Crippen LogP contribution is -2.07. The lowest BCUT2D eigenvalue weighted by molar-refractivity contribution is 0.944. The molecule has 0 spiro atoms. The summed E-state index contributed by atoms with van der Waals surface area (Å²) in [5.74, 6) is 1.71. The third-order valence-electron chi connectivity index (χ3n) is 11.4. The average Bonchev–Trinajstić information content (AvgIpc) is 3.82. The van der Waals surface area contributed by atoms with Gasteiger partial charge in [-0.25, -0.2) is 9.97 Å². The lowest BCUT2D eigenvalue weighted by Gasteiger charge is -2.14. The normalized spacial score (nSPS) is 11.8. The molecule has 0 bridgehead atoms. The van der Waals surface area contributed by atoms with Gasteiger partial charge in [-0.3, -0.25) is 4.57 Å². The molecule has 0 aliphatic carbocycles. The molecule has 0 saturated heterocycles. The van der Waals surface area contributed by atoms with Crippen LogP contribution in [0, 0.1) is 0 Å². The quantitative estimate of drug-likeness (QED) is 0.165. The van der Waals surface area contributed by atoms with E-state index in [-0.39, 0.29) is 0 Å². The van der Waals surface area contributed by atoms with Gasteiger partial charge < -0.3 is 4.57 Å². The summed E-state index contributed by atoms with van der Waals surface area (Å²) >= 11 is 0. The molecule has 0 N–H and O–H groups in total. The third-order valence-corrected chi connectivity index (χ3v) is 11.4. The summed E-state index contributed by atoms with van der Waals surface area (Å²) < 4.78 is 4.53. The predicted octanol–water partition coefficient (Wildman–Crippen LogP) is 12.8. The van der Waals surface area contributed by atoms with E-state index in [4.69, 9.17) is 19.9 Å². The highest BCUT2D eigenvalue weighted by atomic mass is 15.2. The molecule has 0 amide bonds. The first-order chi connectivity index (χ1) is 28.8. The Bertz CT molecular complexity index is 3510. The summed E-state index contributed by atoms with van der Waals surface area (Å²) in [6, 6.07) is 66.2. The van der Waals surface area contributed by atoms with Crippen molar-refractivity contribution >= 4 is 65.3 Å². The fourth-order valence-electron chi connectivity index (χ4n) is 8.86. The predicted molar refractivity (Wildman–Crippen MR) is 238 cm³/mol. The maximum Gasteiger partial charge on any atom is 0.240 e. The van der Waals surface area contributed by atoms with Gasteiger partial charge in [0.15, 0.2) is 11.6 Å². The van der Waals surface area contributed by atoms with Gasteiger partial charge in [0.2, 0.25) is 5.95 Å². The van der Waals surface area contributed by atoms with Crippen molar-refractivity contribution in [1.82, 2.24) is 29.1 Å². The van der Waals surface area contributed by atoms with Crippen molar-refractivity contribution in [3.63, 3.8) is 0 Å². The Labute approximate surface area is 333 Å². The van der Waals surface area contributed by atoms with E-state index in [0.717, 1.165) is 60.7 Å². The Balaban J connectivity index is 1.15. The number of benzene rings is 8. The number of fused-ring (bicyclic) bond motifs is 10. The maximum atomic E-state index is 5.16. The van der Waals surface area contributed by atoms with Gasteiger partial charge in [-0.05, 0) is 75.1 Å². The molecule has 6 heteroatoms. The molecule has 270 valence electrons. The van der Waals surface area contributed by atoms with Gasteiger partial charge in [0, 0.05) is 44.6 Å². The zero-order chi connectivity index (χ0) is 38.2. The van der Waals surface area contributed by atoms with Crippen molar-refractivity contribution in [1.29, 1.82) is 0 Å². The second kappa shape index (κ2) is 12.8. The van der Waals surface area contributed by atoms with Gasteiger partial charge in [-0.1, -0.05) is 146 Å². The molecule has 6 nitrogen and oxygen atoms in total. The van der Waals surface area contributed by atoms with Crippen LogP contribution in [0.25, 0.3) is 111 Å². The molecule has 58 heavy (non-hydrogen) atoms. The van der Waals surface area contributed by atoms with Crippen molar-refractivity contribution < 1.29 is 0 Å². The highest BCUT2D eigenvalue weighted by molar-refractivity contribution is 6.25. The van der Waals surface area contributed by atoms with Crippen LogP contribution in [0.3, 0.4) is 0 Å². The molecule has 12 aromatic rings. The van der Waals surface area contributed by atoms with Gasteiger partial charge in [-0.15, -0.1) is 0 Å². The van der Waals surface area contributed by atoms with Gasteiger partial charge in [0.25, 0.3) is 0 Å². The summed E-state index contributed by atoms with van der Waals surface area (Å²) in [6.07, 6.45) is 1.85. The van der Waals surface area contributed by atoms with Crippen LogP contribution in [0.5, 0.6) is 0 Å². The summed E-state index contributed by atoms with van der Waals surface area (Å²) in [5.41, 5.74) is 9.27. The number of hydrogen-bond donors (Lipinski definition) is 0. The van der Waals surface area contributed by atoms with Crippen LogP contribution in [-0.4, -0.2) is 29.1 Å². The molecule has 12 rings (SSSR count). The Morgan fingerprint density at radius 3 is 1.79 bits per heavy atom. The number of rotatable bonds is 5. The molecule has 4 aromatic heterocycles. The highest BCUT2D eigenvalue weighted by Crippen LogP contribution is 2.42. The topological polar surface area (TPSA) is 61.4 Å². The molecule has 0 saturated carbocycles. The average molecular weight is 741 g/mol. The van der Waals surface area contributed by atoms with Crippen molar-refractivity contribution in [2.45, 2.75) is 0 Å². The van der Waals surface area contributed by atoms with E-state index in [1.807, 2.05) is 72.9 Å². The Morgan fingerprint density at radius 2 is 1.02 bits per heavy atom. The fraction of sp³-hybridized carbons (Fsp3) is 0. The van der Waals surface area contributed by atoms with E-state index >= 15 is 0 Å². The van der Waals surface area contributed by atoms with Crippen LogP contribution in [0.15, 0.2) is 194 Å². The lowest BCUT2D eigenvalue weighted by atomic mass is 9.93. The zero-order valence-electron chi connectivity index (χ0n) is 31.2. The minimum absolute atomic E-state index is 0.513. The number of para-hydroxylation sites is 1. The van der Waals surface area contributed by atoms with E-state index < -0.39 is 0 Å². The Morgan fingerprint density at radius 1 is 0.379 bits per heavy atom. The van der Waals surface area contributed by atoms with Crippen LogP contribution < -0.4 is 0 Å². The van der Waals surface area contributed by atoms with Crippen molar-refractivity contribution in [2.24, 2.45) is 0 Å². The molecule has 0 aliphatic rings. The van der Waals surface area contributed by atoms with Crippen LogP contribution >= 0.6 is 0 Å². The largest absolute Gasteiger partial charge is 0.309 e. The zero-order valence-corrected chi connectivity index (χ0v) is 31.2. The number of nitrogens with zero attached hydrogens (tertiary/aromatic N) is 6. The molecule has 0 unspecified atom stereocenters. The van der Waals surface area contributed by atoms with Crippen LogP contribution in [0.2, 0.25) is 0 Å². The molecule has 0 radical (unpaired) electrons. The molecule has 0 aliphatic heterocycles. The van der Waals surface area contributed by atoms with E-state index in [1.165, 1.54) is 32.5 Å². The number of pyridine rings is 1. The first-order valence-corrected chi connectivity index (χ1v) is 19.5. The summed E-state index contributed by atoms with van der Waals surface area (Å²) in [7, 11) is 0. The minimum Gasteiger partial charge on any atom is -0.309 e. The molecular weight excluding hydrogens is 709 g/mol. The molecule has 8 aromatic carbocycles. The second-order valence-corrected chi connectivity index (χ2v) is 14.7. The Hall–Kier alpha value is -7.96. The maximum absolute atomic E-state index is 5.16. The number of hydrogen-bond acceptors (Lipinski definition) is 4. The third kappa shape index (κ3) is 4.92. The monoisotopic (exact) mass is 740 g/mol. The summed E-state index contributed by atoms with van der Waals surface area (Å²) in [5, 5.41) is 9.43. The van der Waals surface area contributed by atoms with Crippen LogP contribution in [-0.2, 0) is 0 Å². The van der Waals surface area contributed by atoms with Gasteiger partial charge >= 0.3 is 0 Å². The van der Waals surface area contributed by atoms with Crippen LogP contribution in [0.1, 0.15) is 0 Å². The fourth-order valence-corrected chi connectivity index (χ4v) is 8.86. The van der Waals surface area contributed by atoms with Crippen molar-refractivity contribution in [3.8, 4) is 45.5 Å². The van der Waals surface area contributed by atoms with Gasteiger partial charge in [-0.2, -0.15) is 9.97 Å². The van der Waals surface area contributed by atoms with E-state index in [0.29, 0.717) is 17.6 Å². The van der Waals surface area contributed by atoms with E-state index in [9.17, 15) is 0 Å². The molecular formula is C52H32N6. The minimum atomic E-state index is 0.513. The SMILES string of the molecule is c1ccc(-c2nc(-c3ccccc3)nc(-n3c4ccc5c6ccccc6n(-c6cccc(-c7cc8ccccc8c8ccccc78)c6)c5c4c4cccnc43)n2)cc1. The molecule has 4 heterocycles. The van der Waals surface area contributed by atoms with E-state index in [1.54, 1.807) is 0 Å². The summed E-state index contributed by atoms with van der Waals surface area (Å²) in [4.78, 5) is 20.3. The summed E-state index contributed by atoms with van der Waals surface area (Å²) in [6.45, 7) is 0. The van der Waals surface area contributed by atoms with Crippen molar-refractivity contribution in [3.05, 3.63) is 194 Å². The van der Waals surface area contributed by atoms with Gasteiger partial charge in [0.1, 0.15) is 5.65 Å². The molecule has 0 atom stereocenters. The van der Waals surface area contributed by atoms with Gasteiger partial charge in [0.05, 0.1) is 16.6 Å². The first-order valence-electron chi connectivity index (χ1n) is 19.5. The Kier molecular flexibility index (Phi) is 7.13. The number of aromatic nitrogens is 6. The van der Waals surface area contributed by atoms with E-state index in [2.05, 4.69) is 130 Å². The molecule has 0 fully saturated rings. The first kappa shape index (κ1) is 32.3. The smallest absolute Gasteiger partial charge is 0.240 e. The van der Waals surface area contributed by atoms with Crippen molar-refractivity contribution in [2.75, 3.05) is 0 Å².